The Morgan fingerprint density at radius 3 is 1.61 bits per heavy atom. The molecule has 0 spiro atoms. The van der Waals surface area contributed by atoms with Gasteiger partial charge in [-0.3, -0.25) is 0 Å². The molecule has 0 radical (unpaired) electrons. The molecular formula is C36H44O5. The molecule has 5 heteroatoms. The third-order valence-electron chi connectivity index (χ3n) is 8.87. The highest BCUT2D eigenvalue weighted by Gasteiger charge is 2.49. The van der Waals surface area contributed by atoms with E-state index in [1.54, 1.807) is 0 Å². The molecule has 41 heavy (non-hydrogen) atoms. The molecule has 0 amide bonds. The molecule has 0 aromatic heterocycles. The second-order valence-corrected chi connectivity index (χ2v) is 12.0. The van der Waals surface area contributed by atoms with Crippen LogP contribution in [0.2, 0.25) is 0 Å². The Kier molecular flexibility index (Phi) is 9.82. The molecule has 0 unspecified atom stereocenters. The molecule has 1 saturated heterocycles. The summed E-state index contributed by atoms with van der Waals surface area (Å²) >= 11 is 0. The van der Waals surface area contributed by atoms with E-state index in [0.717, 1.165) is 29.0 Å². The molecule has 3 fully saturated rings. The summed E-state index contributed by atoms with van der Waals surface area (Å²) in [5, 5.41) is 0. The highest BCUT2D eigenvalue weighted by atomic mass is 16.7. The van der Waals surface area contributed by atoms with E-state index >= 15 is 0 Å². The zero-order chi connectivity index (χ0) is 27.9. The molecule has 3 aromatic carbocycles. The van der Waals surface area contributed by atoms with Crippen LogP contribution in [-0.4, -0.2) is 36.8 Å². The Hall–Kier alpha value is -2.54. The van der Waals surface area contributed by atoms with Crippen molar-refractivity contribution in [3.63, 3.8) is 0 Å². The van der Waals surface area contributed by atoms with Gasteiger partial charge in [-0.25, -0.2) is 0 Å². The minimum Gasteiger partial charge on any atom is -0.368 e. The SMILES string of the molecule is C[C@@H]1O[C@@H](O[C@@H]2CCCC[C@@H]2C2CC2)[C@@H](OCc2ccccc2)[C@H](OCc2ccccc2)[C@@H]1OCc1ccccc1. The molecule has 1 heterocycles. The van der Waals surface area contributed by atoms with E-state index in [-0.39, 0.29) is 24.4 Å². The van der Waals surface area contributed by atoms with Crippen molar-refractivity contribution in [2.24, 2.45) is 11.8 Å². The van der Waals surface area contributed by atoms with Gasteiger partial charge in [-0.15, -0.1) is 0 Å². The summed E-state index contributed by atoms with van der Waals surface area (Å²) in [4.78, 5) is 0. The Bertz CT molecular complexity index is 1170. The van der Waals surface area contributed by atoms with E-state index in [1.807, 2.05) is 54.6 Å². The third kappa shape index (κ3) is 7.65. The molecule has 0 bridgehead atoms. The number of benzene rings is 3. The second kappa shape index (κ2) is 14.1. The van der Waals surface area contributed by atoms with Gasteiger partial charge in [-0.1, -0.05) is 104 Å². The maximum atomic E-state index is 6.93. The van der Waals surface area contributed by atoms with Gasteiger partial charge < -0.3 is 23.7 Å². The lowest BCUT2D eigenvalue weighted by Crippen LogP contribution is -2.60. The predicted molar refractivity (Wildman–Crippen MR) is 159 cm³/mol. The minimum absolute atomic E-state index is 0.202. The molecule has 3 aromatic rings. The summed E-state index contributed by atoms with van der Waals surface area (Å²) in [6.07, 6.45) is 5.87. The highest BCUT2D eigenvalue weighted by Crippen LogP contribution is 2.46. The van der Waals surface area contributed by atoms with Gasteiger partial charge in [0.1, 0.15) is 18.3 Å². The van der Waals surface area contributed by atoms with Crippen molar-refractivity contribution in [1.82, 2.24) is 0 Å². The van der Waals surface area contributed by atoms with Gasteiger partial charge in [0.05, 0.1) is 32.0 Å². The van der Waals surface area contributed by atoms with E-state index in [2.05, 4.69) is 43.3 Å². The second-order valence-electron chi connectivity index (χ2n) is 12.0. The smallest absolute Gasteiger partial charge is 0.187 e. The zero-order valence-electron chi connectivity index (χ0n) is 24.2. The van der Waals surface area contributed by atoms with Crippen LogP contribution >= 0.6 is 0 Å². The van der Waals surface area contributed by atoms with E-state index in [4.69, 9.17) is 23.7 Å². The van der Waals surface area contributed by atoms with Crippen LogP contribution in [0.5, 0.6) is 0 Å². The standard InChI is InChI=1S/C36H44O5/c1-26-33(37-23-27-13-5-2-6-14-27)34(38-24-28-15-7-3-8-16-28)35(39-25-29-17-9-4-10-18-29)36(40-26)41-32-20-12-11-19-31(32)30-21-22-30/h2-10,13-18,26,30-36H,11-12,19-25H2,1H3/t26-,31+,32+,33+,34+,35-,36-/m0/s1. The fourth-order valence-electron chi connectivity index (χ4n) is 6.51. The van der Waals surface area contributed by atoms with Crippen LogP contribution in [0.15, 0.2) is 91.0 Å². The molecule has 218 valence electrons. The van der Waals surface area contributed by atoms with Gasteiger partial charge in [0.15, 0.2) is 6.29 Å². The first-order chi connectivity index (χ1) is 20.2. The molecule has 7 atom stereocenters. The van der Waals surface area contributed by atoms with Crippen molar-refractivity contribution in [3.8, 4) is 0 Å². The first-order valence-electron chi connectivity index (χ1n) is 15.5. The average Bonchev–Trinajstić information content (AvgIpc) is 3.87. The zero-order valence-corrected chi connectivity index (χ0v) is 24.2. The van der Waals surface area contributed by atoms with Gasteiger partial charge >= 0.3 is 0 Å². The van der Waals surface area contributed by atoms with Gasteiger partial charge in [-0.05, 0) is 61.1 Å². The number of rotatable bonds is 12. The van der Waals surface area contributed by atoms with E-state index in [1.165, 1.54) is 32.1 Å². The summed E-state index contributed by atoms with van der Waals surface area (Å²) in [7, 11) is 0. The summed E-state index contributed by atoms with van der Waals surface area (Å²) < 4.78 is 33.6. The van der Waals surface area contributed by atoms with Crippen molar-refractivity contribution < 1.29 is 23.7 Å². The molecule has 1 aliphatic heterocycles. The largest absolute Gasteiger partial charge is 0.368 e. The van der Waals surface area contributed by atoms with Gasteiger partial charge in [0, 0.05) is 0 Å². The third-order valence-corrected chi connectivity index (χ3v) is 8.87. The van der Waals surface area contributed by atoms with Crippen LogP contribution in [0.3, 0.4) is 0 Å². The summed E-state index contributed by atoms with van der Waals surface area (Å²) in [6.45, 7) is 3.48. The van der Waals surface area contributed by atoms with Crippen molar-refractivity contribution in [1.29, 1.82) is 0 Å². The molecule has 3 aliphatic rings. The fraction of sp³-hybridized carbons (Fsp3) is 0.500. The van der Waals surface area contributed by atoms with Crippen LogP contribution < -0.4 is 0 Å². The lowest BCUT2D eigenvalue weighted by molar-refractivity contribution is -0.333. The van der Waals surface area contributed by atoms with E-state index < -0.39 is 12.4 Å². The summed E-state index contributed by atoms with van der Waals surface area (Å²) in [5.74, 6) is 1.42. The van der Waals surface area contributed by atoms with E-state index in [0.29, 0.717) is 25.7 Å². The Morgan fingerprint density at radius 2 is 1.07 bits per heavy atom. The maximum Gasteiger partial charge on any atom is 0.187 e. The van der Waals surface area contributed by atoms with Crippen molar-refractivity contribution in [3.05, 3.63) is 108 Å². The van der Waals surface area contributed by atoms with Crippen LogP contribution in [0.4, 0.5) is 0 Å². The van der Waals surface area contributed by atoms with Gasteiger partial charge in [0.2, 0.25) is 0 Å². The molecule has 0 N–H and O–H groups in total. The van der Waals surface area contributed by atoms with Crippen molar-refractivity contribution in [2.75, 3.05) is 0 Å². The van der Waals surface area contributed by atoms with Gasteiger partial charge in [0.25, 0.3) is 0 Å². The molecule has 5 nitrogen and oxygen atoms in total. The Morgan fingerprint density at radius 1 is 0.585 bits per heavy atom. The molecule has 2 aliphatic carbocycles. The van der Waals surface area contributed by atoms with Crippen molar-refractivity contribution in [2.45, 2.75) is 102 Å². The highest BCUT2D eigenvalue weighted by molar-refractivity contribution is 5.15. The predicted octanol–water partition coefficient (Wildman–Crippen LogP) is 7.47. The number of hydrogen-bond acceptors (Lipinski definition) is 5. The first kappa shape index (κ1) is 28.6. The van der Waals surface area contributed by atoms with Gasteiger partial charge in [-0.2, -0.15) is 0 Å². The average molecular weight is 557 g/mol. The lowest BCUT2D eigenvalue weighted by atomic mass is 9.83. The van der Waals surface area contributed by atoms with Crippen LogP contribution in [0.1, 0.15) is 62.1 Å². The van der Waals surface area contributed by atoms with Crippen LogP contribution in [0.25, 0.3) is 0 Å². The minimum atomic E-state index is -0.518. The number of hydrogen-bond donors (Lipinski definition) is 0. The van der Waals surface area contributed by atoms with E-state index in [9.17, 15) is 0 Å². The fourth-order valence-corrected chi connectivity index (χ4v) is 6.51. The van der Waals surface area contributed by atoms with Crippen LogP contribution in [-0.2, 0) is 43.5 Å². The topological polar surface area (TPSA) is 46.2 Å². The normalized spacial score (nSPS) is 30.2. The van der Waals surface area contributed by atoms with Crippen molar-refractivity contribution >= 4 is 0 Å². The Balaban J connectivity index is 1.26. The monoisotopic (exact) mass is 556 g/mol. The maximum absolute atomic E-state index is 6.93. The molecule has 2 saturated carbocycles. The quantitative estimate of drug-likeness (QED) is 0.232. The first-order valence-corrected chi connectivity index (χ1v) is 15.5. The lowest BCUT2D eigenvalue weighted by Gasteiger charge is -2.47. The Labute approximate surface area is 245 Å². The summed E-state index contributed by atoms with van der Waals surface area (Å²) in [5.41, 5.74) is 3.35. The van der Waals surface area contributed by atoms with Crippen LogP contribution in [0, 0.1) is 11.8 Å². The molecule has 6 rings (SSSR count). The number of ether oxygens (including phenoxy) is 5. The molecular weight excluding hydrogens is 512 g/mol. The summed E-state index contributed by atoms with van der Waals surface area (Å²) in [6, 6.07) is 30.9.